The van der Waals surface area contributed by atoms with Gasteiger partial charge in [-0.25, -0.2) is 0 Å². The number of methoxy groups -OCH3 is 1. The summed E-state index contributed by atoms with van der Waals surface area (Å²) in [6.45, 7) is 1.61. The highest BCUT2D eigenvalue weighted by atomic mass is 16.5. The van der Waals surface area contributed by atoms with Crippen LogP contribution in [-0.2, 0) is 9.53 Å². The van der Waals surface area contributed by atoms with Gasteiger partial charge in [0.2, 0.25) is 0 Å². The Labute approximate surface area is 189 Å². The van der Waals surface area contributed by atoms with Crippen LogP contribution in [0, 0.1) is 5.92 Å². The molecule has 2 aliphatic carbocycles. The highest BCUT2D eigenvalue weighted by molar-refractivity contribution is 6.06. The second kappa shape index (κ2) is 9.18. The van der Waals surface area contributed by atoms with Crippen LogP contribution < -0.4 is 5.32 Å². The molecule has 1 N–H and O–H groups in total. The summed E-state index contributed by atoms with van der Waals surface area (Å²) in [5.74, 6) is 0.851. The van der Waals surface area contributed by atoms with Crippen molar-refractivity contribution in [1.82, 2.24) is 15.2 Å². The highest BCUT2D eigenvalue weighted by Crippen LogP contribution is 2.40. The molecular formula is C26H33N3O3. The molecule has 0 unspecified atom stereocenters. The van der Waals surface area contributed by atoms with E-state index in [1.165, 1.54) is 39.2 Å². The summed E-state index contributed by atoms with van der Waals surface area (Å²) in [4.78, 5) is 32.9. The summed E-state index contributed by atoms with van der Waals surface area (Å²) in [5.41, 5.74) is 2.59. The van der Waals surface area contributed by atoms with Gasteiger partial charge >= 0.3 is 5.97 Å². The number of carbonyl (C=O) groups excluding carboxylic acids is 2. The third kappa shape index (κ3) is 4.51. The van der Waals surface area contributed by atoms with Gasteiger partial charge in [0.25, 0.3) is 5.91 Å². The Morgan fingerprint density at radius 3 is 2.66 bits per heavy atom. The van der Waals surface area contributed by atoms with E-state index in [4.69, 9.17) is 9.72 Å². The highest BCUT2D eigenvalue weighted by Gasteiger charge is 2.39. The van der Waals surface area contributed by atoms with Crippen LogP contribution in [0.1, 0.15) is 73.3 Å². The van der Waals surface area contributed by atoms with Gasteiger partial charge in [0.1, 0.15) is 6.04 Å². The molecule has 2 heterocycles. The number of fused-ring (bicyclic) bond motifs is 1. The van der Waals surface area contributed by atoms with Crippen molar-refractivity contribution < 1.29 is 14.3 Å². The number of para-hydroxylation sites is 1. The van der Waals surface area contributed by atoms with Gasteiger partial charge in [-0.3, -0.25) is 19.5 Å². The molecule has 5 rings (SSSR count). The molecule has 1 aromatic heterocycles. The predicted molar refractivity (Wildman–Crippen MR) is 124 cm³/mol. The van der Waals surface area contributed by atoms with Crippen molar-refractivity contribution in [3.05, 3.63) is 41.6 Å². The molecule has 2 saturated carbocycles. The van der Waals surface area contributed by atoms with Crippen LogP contribution in [0.25, 0.3) is 10.9 Å². The summed E-state index contributed by atoms with van der Waals surface area (Å²) in [6.07, 6.45) is 9.22. The Bertz CT molecular complexity index is 997. The lowest BCUT2D eigenvalue weighted by Crippen LogP contribution is -2.41. The normalized spacial score (nSPS) is 24.5. The van der Waals surface area contributed by atoms with Gasteiger partial charge in [-0.15, -0.1) is 0 Å². The SMILES string of the molecule is COC(=O)[C@@H]1C[C@@H](NC(=O)c2cc(C3CC3)nc3ccccc23)CN1CC1CCCCC1. The molecule has 2 aromatic rings. The first-order valence-electron chi connectivity index (χ1n) is 12.1. The zero-order valence-electron chi connectivity index (χ0n) is 18.9. The Morgan fingerprint density at radius 2 is 1.91 bits per heavy atom. The average Bonchev–Trinajstić information content (AvgIpc) is 3.60. The Balaban J connectivity index is 1.33. The van der Waals surface area contributed by atoms with Crippen molar-refractivity contribution in [1.29, 1.82) is 0 Å². The lowest BCUT2D eigenvalue weighted by atomic mass is 9.89. The molecule has 0 radical (unpaired) electrons. The molecule has 1 aliphatic heterocycles. The van der Waals surface area contributed by atoms with Crippen molar-refractivity contribution in [2.24, 2.45) is 5.92 Å². The largest absolute Gasteiger partial charge is 0.468 e. The van der Waals surface area contributed by atoms with Crippen molar-refractivity contribution in [2.45, 2.75) is 69.4 Å². The van der Waals surface area contributed by atoms with Crippen LogP contribution in [0.5, 0.6) is 0 Å². The van der Waals surface area contributed by atoms with Crippen LogP contribution in [0.15, 0.2) is 30.3 Å². The third-order valence-corrected chi connectivity index (χ3v) is 7.41. The molecule has 1 amide bonds. The van der Waals surface area contributed by atoms with Crippen LogP contribution in [0.3, 0.4) is 0 Å². The van der Waals surface area contributed by atoms with Gasteiger partial charge in [-0.05, 0) is 50.2 Å². The van der Waals surface area contributed by atoms with Crippen molar-refractivity contribution in [3.63, 3.8) is 0 Å². The van der Waals surface area contributed by atoms with E-state index in [-0.39, 0.29) is 24.0 Å². The lowest BCUT2D eigenvalue weighted by Gasteiger charge is -2.29. The third-order valence-electron chi connectivity index (χ3n) is 7.41. The molecular weight excluding hydrogens is 402 g/mol. The van der Waals surface area contributed by atoms with Crippen molar-refractivity contribution in [3.8, 4) is 0 Å². The molecule has 0 bridgehead atoms. The minimum atomic E-state index is -0.275. The topological polar surface area (TPSA) is 71.5 Å². The maximum Gasteiger partial charge on any atom is 0.323 e. The fourth-order valence-corrected chi connectivity index (χ4v) is 5.53. The van der Waals surface area contributed by atoms with E-state index in [2.05, 4.69) is 10.2 Å². The number of benzene rings is 1. The predicted octanol–water partition coefficient (Wildman–Crippen LogP) is 4.04. The second-order valence-electron chi connectivity index (χ2n) is 9.79. The number of nitrogens with zero attached hydrogens (tertiary/aromatic N) is 2. The standard InChI is InChI=1S/C26H33N3O3/c1-32-26(31)24-13-19(16-29(24)15-17-7-3-2-4-8-17)27-25(30)21-14-23(18-11-12-18)28-22-10-6-5-9-20(21)22/h5-6,9-10,14,17-19,24H,2-4,7-8,11-13,15-16H2,1H3,(H,27,30)/t19-,24+/m1/s1. The Kier molecular flexibility index (Phi) is 6.13. The number of carbonyl (C=O) groups is 2. The molecule has 3 aliphatic rings. The maximum absolute atomic E-state index is 13.4. The van der Waals surface area contributed by atoms with Gasteiger partial charge in [-0.2, -0.15) is 0 Å². The van der Waals surface area contributed by atoms with E-state index in [1.54, 1.807) is 0 Å². The minimum Gasteiger partial charge on any atom is -0.468 e. The number of rotatable bonds is 6. The first kappa shape index (κ1) is 21.4. The van der Waals surface area contributed by atoms with Gasteiger partial charge in [0, 0.05) is 36.1 Å². The monoisotopic (exact) mass is 435 g/mol. The van der Waals surface area contributed by atoms with E-state index in [1.807, 2.05) is 30.3 Å². The number of pyridine rings is 1. The molecule has 6 nitrogen and oxygen atoms in total. The number of amides is 1. The van der Waals surface area contributed by atoms with E-state index >= 15 is 0 Å². The van der Waals surface area contributed by atoms with Crippen LogP contribution in [0.4, 0.5) is 0 Å². The maximum atomic E-state index is 13.4. The van der Waals surface area contributed by atoms with Crippen LogP contribution in [-0.4, -0.2) is 54.0 Å². The summed E-state index contributed by atoms with van der Waals surface area (Å²) in [6, 6.07) is 9.50. The molecule has 6 heteroatoms. The van der Waals surface area contributed by atoms with Crippen molar-refractivity contribution in [2.75, 3.05) is 20.2 Å². The zero-order valence-corrected chi connectivity index (χ0v) is 18.9. The summed E-state index contributed by atoms with van der Waals surface area (Å²) in [7, 11) is 1.45. The minimum absolute atomic E-state index is 0.0634. The van der Waals surface area contributed by atoms with E-state index in [9.17, 15) is 9.59 Å². The van der Waals surface area contributed by atoms with Crippen molar-refractivity contribution >= 4 is 22.8 Å². The fraction of sp³-hybridized carbons (Fsp3) is 0.577. The molecule has 3 fully saturated rings. The quantitative estimate of drug-likeness (QED) is 0.694. The first-order chi connectivity index (χ1) is 15.6. The number of likely N-dealkylation sites (tertiary alicyclic amines) is 1. The molecule has 0 spiro atoms. The van der Waals surface area contributed by atoms with Gasteiger partial charge in [0.05, 0.1) is 18.2 Å². The summed E-state index contributed by atoms with van der Waals surface area (Å²) in [5, 5.41) is 4.12. The molecule has 170 valence electrons. The fourth-order valence-electron chi connectivity index (χ4n) is 5.53. The van der Waals surface area contributed by atoms with E-state index in [0.717, 1.165) is 36.0 Å². The smallest absolute Gasteiger partial charge is 0.323 e. The van der Waals surface area contributed by atoms with Gasteiger partial charge in [-0.1, -0.05) is 37.5 Å². The number of esters is 1. The number of hydrogen-bond donors (Lipinski definition) is 1. The van der Waals surface area contributed by atoms with Crippen LogP contribution >= 0.6 is 0 Å². The van der Waals surface area contributed by atoms with Gasteiger partial charge in [0.15, 0.2) is 0 Å². The average molecular weight is 436 g/mol. The van der Waals surface area contributed by atoms with E-state index < -0.39 is 0 Å². The van der Waals surface area contributed by atoms with Crippen LogP contribution in [0.2, 0.25) is 0 Å². The zero-order chi connectivity index (χ0) is 22.1. The summed E-state index contributed by atoms with van der Waals surface area (Å²) >= 11 is 0. The number of aromatic nitrogens is 1. The molecule has 1 aromatic carbocycles. The Hall–Kier alpha value is -2.47. The number of hydrogen-bond acceptors (Lipinski definition) is 5. The van der Waals surface area contributed by atoms with Gasteiger partial charge < -0.3 is 10.1 Å². The first-order valence-corrected chi connectivity index (χ1v) is 12.1. The molecule has 1 saturated heterocycles. The second-order valence-corrected chi connectivity index (χ2v) is 9.79. The number of ether oxygens (including phenoxy) is 1. The number of nitrogens with one attached hydrogen (secondary N) is 1. The van der Waals surface area contributed by atoms with E-state index in [0.29, 0.717) is 30.4 Å². The molecule has 32 heavy (non-hydrogen) atoms. The Morgan fingerprint density at radius 1 is 1.12 bits per heavy atom. The lowest BCUT2D eigenvalue weighted by molar-refractivity contribution is -0.146. The molecule has 2 atom stereocenters. The summed E-state index contributed by atoms with van der Waals surface area (Å²) < 4.78 is 5.10.